The van der Waals surface area contributed by atoms with Crippen molar-refractivity contribution in [1.29, 1.82) is 0 Å². The average Bonchev–Trinajstić information content (AvgIpc) is 2.74. The Balaban J connectivity index is 2.67. The summed E-state index contributed by atoms with van der Waals surface area (Å²) in [6.45, 7) is 9.23. The molecule has 1 N–H and O–H groups in total. The quantitative estimate of drug-likeness (QED) is 0.837. The normalized spacial score (nSPS) is 19.1. The summed E-state index contributed by atoms with van der Waals surface area (Å²) in [7, 11) is 0. The number of nitrogens with one attached hydrogen (secondary N) is 1. The molecule has 1 atom stereocenters. The van der Waals surface area contributed by atoms with Gasteiger partial charge in [0.15, 0.2) is 0 Å². The fourth-order valence-corrected chi connectivity index (χ4v) is 1.93. The number of rotatable bonds is 2. The monoisotopic (exact) mass is 284 g/mol. The van der Waals surface area contributed by atoms with E-state index >= 15 is 0 Å². The standard InChI is InChI=1S/C14H24N2O4/c1-9(2)11(17)15-12(18)10-7-6-8-16(10)13(19)20-14(3,4)5/h9-10H,6-8H2,1-5H3,(H,15,17,18)/t10-/m0/s1. The number of ether oxygens (including phenoxy) is 1. The zero-order chi connectivity index (χ0) is 15.5. The molecule has 0 radical (unpaired) electrons. The Morgan fingerprint density at radius 2 is 1.85 bits per heavy atom. The lowest BCUT2D eigenvalue weighted by Crippen LogP contribution is -2.49. The van der Waals surface area contributed by atoms with E-state index in [-0.39, 0.29) is 11.8 Å². The summed E-state index contributed by atoms with van der Waals surface area (Å²) in [5.74, 6) is -1.02. The Kier molecular flexibility index (Phi) is 5.14. The molecule has 0 bridgehead atoms. The van der Waals surface area contributed by atoms with E-state index in [9.17, 15) is 14.4 Å². The van der Waals surface area contributed by atoms with Gasteiger partial charge in [0.25, 0.3) is 0 Å². The number of carbonyl (C=O) groups excluding carboxylic acids is 3. The van der Waals surface area contributed by atoms with E-state index in [4.69, 9.17) is 4.74 Å². The molecule has 0 spiro atoms. The third-order valence-electron chi connectivity index (χ3n) is 2.95. The van der Waals surface area contributed by atoms with Crippen molar-refractivity contribution in [2.75, 3.05) is 6.54 Å². The van der Waals surface area contributed by atoms with Gasteiger partial charge in [-0.25, -0.2) is 4.79 Å². The molecule has 0 unspecified atom stereocenters. The van der Waals surface area contributed by atoms with Crippen molar-refractivity contribution in [3.63, 3.8) is 0 Å². The van der Waals surface area contributed by atoms with Gasteiger partial charge in [0.1, 0.15) is 11.6 Å². The number of amides is 3. The van der Waals surface area contributed by atoms with Crippen LogP contribution in [0.1, 0.15) is 47.5 Å². The van der Waals surface area contributed by atoms with Gasteiger partial charge in [-0.05, 0) is 33.6 Å². The second-order valence-corrected chi connectivity index (χ2v) is 6.34. The van der Waals surface area contributed by atoms with Crippen molar-refractivity contribution in [1.82, 2.24) is 10.2 Å². The summed E-state index contributed by atoms with van der Waals surface area (Å²) >= 11 is 0. The molecule has 1 aliphatic rings. The SMILES string of the molecule is CC(C)C(=O)NC(=O)[C@@H]1CCCN1C(=O)OC(C)(C)C. The van der Waals surface area contributed by atoms with Crippen LogP contribution in [0, 0.1) is 5.92 Å². The van der Waals surface area contributed by atoms with E-state index in [0.717, 1.165) is 6.42 Å². The van der Waals surface area contributed by atoms with Crippen molar-refractivity contribution >= 4 is 17.9 Å². The van der Waals surface area contributed by atoms with Gasteiger partial charge in [-0.3, -0.25) is 19.8 Å². The maximum absolute atomic E-state index is 12.1. The molecule has 1 rings (SSSR count). The summed E-state index contributed by atoms with van der Waals surface area (Å²) in [6.07, 6.45) is 0.774. The topological polar surface area (TPSA) is 75.7 Å². The number of hydrogen-bond acceptors (Lipinski definition) is 4. The summed E-state index contributed by atoms with van der Waals surface area (Å²) < 4.78 is 5.28. The molecule has 0 aromatic carbocycles. The van der Waals surface area contributed by atoms with Crippen LogP contribution in [0.3, 0.4) is 0 Å². The molecule has 3 amide bonds. The minimum atomic E-state index is -0.618. The van der Waals surface area contributed by atoms with Crippen molar-refractivity contribution in [3.05, 3.63) is 0 Å². The van der Waals surface area contributed by atoms with Crippen molar-refractivity contribution < 1.29 is 19.1 Å². The first-order valence-corrected chi connectivity index (χ1v) is 6.96. The predicted molar refractivity (Wildman–Crippen MR) is 73.9 cm³/mol. The van der Waals surface area contributed by atoms with Gasteiger partial charge in [-0.15, -0.1) is 0 Å². The zero-order valence-electron chi connectivity index (χ0n) is 12.9. The van der Waals surface area contributed by atoms with Crippen LogP contribution in [-0.4, -0.2) is 41.0 Å². The molecule has 1 fully saturated rings. The highest BCUT2D eigenvalue weighted by Crippen LogP contribution is 2.21. The highest BCUT2D eigenvalue weighted by Gasteiger charge is 2.37. The first-order chi connectivity index (χ1) is 9.11. The Labute approximate surface area is 119 Å². The Morgan fingerprint density at radius 1 is 1.25 bits per heavy atom. The van der Waals surface area contributed by atoms with Crippen molar-refractivity contribution in [3.8, 4) is 0 Å². The van der Waals surface area contributed by atoms with Crippen LogP contribution in [0.15, 0.2) is 0 Å². The maximum atomic E-state index is 12.1. The highest BCUT2D eigenvalue weighted by atomic mass is 16.6. The van der Waals surface area contributed by atoms with Crippen molar-refractivity contribution in [2.24, 2.45) is 5.92 Å². The molecule has 6 nitrogen and oxygen atoms in total. The second-order valence-electron chi connectivity index (χ2n) is 6.34. The average molecular weight is 284 g/mol. The van der Waals surface area contributed by atoms with Crippen LogP contribution in [0.4, 0.5) is 4.79 Å². The number of carbonyl (C=O) groups is 3. The molecule has 1 heterocycles. The molecular formula is C14H24N2O4. The molecule has 1 aliphatic heterocycles. The summed E-state index contributed by atoms with van der Waals surface area (Å²) in [5, 5.41) is 2.34. The molecule has 0 aliphatic carbocycles. The van der Waals surface area contributed by atoms with Gasteiger partial charge < -0.3 is 4.74 Å². The molecule has 20 heavy (non-hydrogen) atoms. The van der Waals surface area contributed by atoms with E-state index in [1.165, 1.54) is 4.90 Å². The first-order valence-electron chi connectivity index (χ1n) is 6.96. The van der Waals surface area contributed by atoms with Crippen LogP contribution in [0.2, 0.25) is 0 Å². The molecule has 0 saturated carbocycles. The largest absolute Gasteiger partial charge is 0.444 e. The lowest BCUT2D eigenvalue weighted by Gasteiger charge is -2.28. The summed E-state index contributed by atoms with van der Waals surface area (Å²) in [5.41, 5.74) is -0.603. The fraction of sp³-hybridized carbons (Fsp3) is 0.786. The van der Waals surface area contributed by atoms with E-state index in [2.05, 4.69) is 5.32 Å². The van der Waals surface area contributed by atoms with Crippen LogP contribution in [0.25, 0.3) is 0 Å². The Hall–Kier alpha value is -1.59. The van der Waals surface area contributed by atoms with Gasteiger partial charge in [0.05, 0.1) is 0 Å². The molecular weight excluding hydrogens is 260 g/mol. The molecule has 0 aromatic rings. The fourth-order valence-electron chi connectivity index (χ4n) is 1.93. The van der Waals surface area contributed by atoms with Crippen molar-refractivity contribution in [2.45, 2.75) is 59.1 Å². The van der Waals surface area contributed by atoms with E-state index in [0.29, 0.717) is 13.0 Å². The Morgan fingerprint density at radius 3 is 2.35 bits per heavy atom. The van der Waals surface area contributed by atoms with Gasteiger partial charge in [0, 0.05) is 12.5 Å². The molecule has 0 aromatic heterocycles. The highest BCUT2D eigenvalue weighted by molar-refractivity contribution is 5.99. The van der Waals surface area contributed by atoms with E-state index in [1.54, 1.807) is 34.6 Å². The Bertz CT molecular complexity index is 398. The van der Waals surface area contributed by atoms with Crippen LogP contribution >= 0.6 is 0 Å². The maximum Gasteiger partial charge on any atom is 0.410 e. The third-order valence-corrected chi connectivity index (χ3v) is 2.95. The predicted octanol–water partition coefficient (Wildman–Crippen LogP) is 1.68. The summed E-state index contributed by atoms with van der Waals surface area (Å²) in [4.78, 5) is 37.0. The van der Waals surface area contributed by atoms with E-state index < -0.39 is 23.6 Å². The lowest BCUT2D eigenvalue weighted by molar-refractivity contribution is -0.134. The van der Waals surface area contributed by atoms with Gasteiger partial charge in [0.2, 0.25) is 11.8 Å². The molecule has 1 saturated heterocycles. The first kappa shape index (κ1) is 16.5. The number of hydrogen-bond donors (Lipinski definition) is 1. The minimum absolute atomic E-state index is 0.268. The van der Waals surface area contributed by atoms with Gasteiger partial charge >= 0.3 is 6.09 Å². The number of nitrogens with zero attached hydrogens (tertiary/aromatic N) is 1. The van der Waals surface area contributed by atoms with Gasteiger partial charge in [-0.2, -0.15) is 0 Å². The lowest BCUT2D eigenvalue weighted by atomic mass is 10.1. The third kappa shape index (κ3) is 4.51. The zero-order valence-corrected chi connectivity index (χ0v) is 12.9. The smallest absolute Gasteiger partial charge is 0.410 e. The second kappa shape index (κ2) is 6.24. The van der Waals surface area contributed by atoms with Crippen LogP contribution in [-0.2, 0) is 14.3 Å². The van der Waals surface area contributed by atoms with Crippen LogP contribution < -0.4 is 5.32 Å². The number of likely N-dealkylation sites (tertiary alicyclic amines) is 1. The minimum Gasteiger partial charge on any atom is -0.444 e. The summed E-state index contributed by atoms with van der Waals surface area (Å²) in [6, 6.07) is -0.618. The van der Waals surface area contributed by atoms with Crippen LogP contribution in [0.5, 0.6) is 0 Å². The molecule has 6 heteroatoms. The van der Waals surface area contributed by atoms with E-state index in [1.807, 2.05) is 0 Å². The molecule has 114 valence electrons. The van der Waals surface area contributed by atoms with Gasteiger partial charge in [-0.1, -0.05) is 13.8 Å². The number of imide groups is 1.